The van der Waals surface area contributed by atoms with Gasteiger partial charge in [-0.2, -0.15) is 13.2 Å². The molecule has 1 saturated carbocycles. The van der Waals surface area contributed by atoms with Crippen molar-refractivity contribution in [3.05, 3.63) is 23.8 Å². The molecule has 0 spiro atoms. The van der Waals surface area contributed by atoms with Crippen molar-refractivity contribution in [2.24, 2.45) is 0 Å². The topological polar surface area (TPSA) is 9.23 Å². The molecule has 16 heavy (non-hydrogen) atoms. The molecular formula is C11H11F3OS. The summed E-state index contributed by atoms with van der Waals surface area (Å²) in [4.78, 5) is 0.750. The van der Waals surface area contributed by atoms with E-state index in [0.717, 1.165) is 29.9 Å². The summed E-state index contributed by atoms with van der Waals surface area (Å²) in [5, 5.41) is 0. The fourth-order valence-electron chi connectivity index (χ4n) is 1.31. The third-order valence-electron chi connectivity index (χ3n) is 2.31. The van der Waals surface area contributed by atoms with Gasteiger partial charge in [0.15, 0.2) is 0 Å². The van der Waals surface area contributed by atoms with Gasteiger partial charge in [-0.25, -0.2) is 0 Å². The molecule has 0 N–H and O–H groups in total. The minimum Gasteiger partial charge on any atom is -0.489 e. The molecule has 0 amide bonds. The molecule has 0 heterocycles. The van der Waals surface area contributed by atoms with Crippen LogP contribution >= 0.6 is 11.8 Å². The Morgan fingerprint density at radius 3 is 2.50 bits per heavy atom. The SMILES string of the molecule is CSc1ccc(C(F)(F)F)cc1OC1CC1. The van der Waals surface area contributed by atoms with Gasteiger partial charge in [0.1, 0.15) is 5.75 Å². The van der Waals surface area contributed by atoms with Gasteiger partial charge in [0.25, 0.3) is 0 Å². The Morgan fingerprint density at radius 1 is 1.31 bits per heavy atom. The number of hydrogen-bond acceptors (Lipinski definition) is 2. The van der Waals surface area contributed by atoms with E-state index >= 15 is 0 Å². The van der Waals surface area contributed by atoms with Crippen LogP contribution in [0.4, 0.5) is 13.2 Å². The minimum atomic E-state index is -4.31. The average Bonchev–Trinajstić information content (AvgIpc) is 3.00. The summed E-state index contributed by atoms with van der Waals surface area (Å²) in [5.74, 6) is 0.352. The molecule has 1 aromatic rings. The van der Waals surface area contributed by atoms with E-state index in [1.165, 1.54) is 17.8 Å². The van der Waals surface area contributed by atoms with Gasteiger partial charge in [-0.3, -0.25) is 0 Å². The first kappa shape index (κ1) is 11.6. The van der Waals surface area contributed by atoms with Gasteiger partial charge >= 0.3 is 6.18 Å². The van der Waals surface area contributed by atoms with Crippen LogP contribution in [0, 0.1) is 0 Å². The van der Waals surface area contributed by atoms with Crippen molar-refractivity contribution >= 4 is 11.8 Å². The summed E-state index contributed by atoms with van der Waals surface area (Å²) >= 11 is 1.39. The second-order valence-corrected chi connectivity index (χ2v) is 4.53. The van der Waals surface area contributed by atoms with Crippen molar-refractivity contribution in [1.82, 2.24) is 0 Å². The van der Waals surface area contributed by atoms with E-state index in [9.17, 15) is 13.2 Å². The Hall–Kier alpha value is -0.840. The standard InChI is InChI=1S/C11H11F3OS/c1-16-10-5-2-7(11(12,13)14)6-9(10)15-8-3-4-8/h2,5-6,8H,3-4H2,1H3. The molecule has 0 radical (unpaired) electrons. The molecule has 88 valence electrons. The van der Waals surface area contributed by atoms with E-state index in [-0.39, 0.29) is 6.10 Å². The monoisotopic (exact) mass is 248 g/mol. The van der Waals surface area contributed by atoms with Crippen LogP contribution in [0.3, 0.4) is 0 Å². The Balaban J connectivity index is 2.29. The number of ether oxygens (including phenoxy) is 1. The molecular weight excluding hydrogens is 237 g/mol. The van der Waals surface area contributed by atoms with E-state index in [0.29, 0.717) is 5.75 Å². The van der Waals surface area contributed by atoms with E-state index in [2.05, 4.69) is 0 Å². The maximum absolute atomic E-state index is 12.5. The number of alkyl halides is 3. The van der Waals surface area contributed by atoms with Gasteiger partial charge in [-0.1, -0.05) is 0 Å². The largest absolute Gasteiger partial charge is 0.489 e. The van der Waals surface area contributed by atoms with Crippen LogP contribution in [0.25, 0.3) is 0 Å². The molecule has 0 aromatic heterocycles. The summed E-state index contributed by atoms with van der Waals surface area (Å²) in [6, 6.07) is 3.64. The zero-order chi connectivity index (χ0) is 11.8. The van der Waals surface area contributed by atoms with Crippen LogP contribution in [0.2, 0.25) is 0 Å². The van der Waals surface area contributed by atoms with Crippen molar-refractivity contribution in [2.75, 3.05) is 6.26 Å². The molecule has 0 unspecified atom stereocenters. The second-order valence-electron chi connectivity index (χ2n) is 3.68. The lowest BCUT2D eigenvalue weighted by Gasteiger charge is -2.12. The van der Waals surface area contributed by atoms with E-state index in [4.69, 9.17) is 4.74 Å². The highest BCUT2D eigenvalue weighted by atomic mass is 32.2. The van der Waals surface area contributed by atoms with Crippen LogP contribution < -0.4 is 4.74 Å². The lowest BCUT2D eigenvalue weighted by atomic mass is 10.2. The van der Waals surface area contributed by atoms with E-state index in [1.54, 1.807) is 0 Å². The molecule has 0 saturated heterocycles. The summed E-state index contributed by atoms with van der Waals surface area (Å²) in [7, 11) is 0. The molecule has 1 aromatic carbocycles. The van der Waals surface area contributed by atoms with Gasteiger partial charge in [0.2, 0.25) is 0 Å². The van der Waals surface area contributed by atoms with E-state index in [1.807, 2.05) is 6.26 Å². The smallest absolute Gasteiger partial charge is 0.416 e. The number of benzene rings is 1. The first-order chi connectivity index (χ1) is 7.50. The van der Waals surface area contributed by atoms with Gasteiger partial charge < -0.3 is 4.74 Å². The molecule has 1 aliphatic rings. The normalized spacial score (nSPS) is 16.2. The van der Waals surface area contributed by atoms with Crippen molar-refractivity contribution in [2.45, 2.75) is 30.0 Å². The third-order valence-corrected chi connectivity index (χ3v) is 3.09. The summed E-state index contributed by atoms with van der Waals surface area (Å²) < 4.78 is 42.9. The molecule has 1 nitrogen and oxygen atoms in total. The van der Waals surface area contributed by atoms with Crippen LogP contribution in [0.5, 0.6) is 5.75 Å². The fraction of sp³-hybridized carbons (Fsp3) is 0.455. The molecule has 2 rings (SSSR count). The molecule has 5 heteroatoms. The molecule has 1 aliphatic carbocycles. The third kappa shape index (κ3) is 2.64. The van der Waals surface area contributed by atoms with Gasteiger partial charge in [0, 0.05) is 4.90 Å². The second kappa shape index (κ2) is 4.20. The lowest BCUT2D eigenvalue weighted by molar-refractivity contribution is -0.137. The maximum atomic E-state index is 12.5. The highest BCUT2D eigenvalue weighted by Crippen LogP contribution is 2.38. The van der Waals surface area contributed by atoms with Crippen molar-refractivity contribution in [3.63, 3.8) is 0 Å². The van der Waals surface area contributed by atoms with E-state index < -0.39 is 11.7 Å². The van der Waals surface area contributed by atoms with Crippen LogP contribution in [0.1, 0.15) is 18.4 Å². The average molecular weight is 248 g/mol. The van der Waals surface area contributed by atoms with Crippen molar-refractivity contribution in [1.29, 1.82) is 0 Å². The van der Waals surface area contributed by atoms with Gasteiger partial charge in [0.05, 0.1) is 11.7 Å². The number of hydrogen-bond donors (Lipinski definition) is 0. The first-order valence-electron chi connectivity index (χ1n) is 4.92. The molecule has 0 bridgehead atoms. The Morgan fingerprint density at radius 2 is 2.00 bits per heavy atom. The Labute approximate surface area is 96.0 Å². The van der Waals surface area contributed by atoms with Gasteiger partial charge in [-0.15, -0.1) is 11.8 Å². The van der Waals surface area contributed by atoms with Crippen LogP contribution in [-0.2, 0) is 6.18 Å². The predicted molar refractivity (Wildman–Crippen MR) is 56.9 cm³/mol. The van der Waals surface area contributed by atoms with Crippen LogP contribution in [-0.4, -0.2) is 12.4 Å². The Kier molecular flexibility index (Phi) is 3.06. The van der Waals surface area contributed by atoms with Crippen molar-refractivity contribution in [3.8, 4) is 5.75 Å². The highest BCUT2D eigenvalue weighted by molar-refractivity contribution is 7.98. The summed E-state index contributed by atoms with van der Waals surface area (Å²) in [6.07, 6.45) is -0.510. The number of rotatable bonds is 3. The highest BCUT2D eigenvalue weighted by Gasteiger charge is 2.32. The lowest BCUT2D eigenvalue weighted by Crippen LogP contribution is -2.06. The zero-order valence-corrected chi connectivity index (χ0v) is 9.49. The number of halogens is 3. The summed E-state index contributed by atoms with van der Waals surface area (Å²) in [6.45, 7) is 0. The first-order valence-corrected chi connectivity index (χ1v) is 6.15. The number of thioether (sulfide) groups is 1. The van der Waals surface area contributed by atoms with Gasteiger partial charge in [-0.05, 0) is 37.3 Å². The quantitative estimate of drug-likeness (QED) is 0.748. The maximum Gasteiger partial charge on any atom is 0.416 e. The molecule has 0 atom stereocenters. The van der Waals surface area contributed by atoms with Crippen molar-refractivity contribution < 1.29 is 17.9 Å². The fourth-order valence-corrected chi connectivity index (χ4v) is 1.82. The Bertz CT molecular complexity index is 385. The summed E-state index contributed by atoms with van der Waals surface area (Å²) in [5.41, 5.74) is -0.652. The predicted octanol–water partition coefficient (Wildman–Crippen LogP) is 3.97. The van der Waals surface area contributed by atoms with Crippen LogP contribution in [0.15, 0.2) is 23.1 Å². The molecule has 0 aliphatic heterocycles. The zero-order valence-electron chi connectivity index (χ0n) is 8.67. The minimum absolute atomic E-state index is 0.106. The molecule has 1 fully saturated rings.